The fraction of sp³-hybridized carbons (Fsp3) is 0.233. The maximum atomic E-state index is 14.9. The van der Waals surface area contributed by atoms with Crippen LogP contribution in [0.4, 0.5) is 15.8 Å². The molecule has 4 aromatic rings. The van der Waals surface area contributed by atoms with Crippen molar-refractivity contribution in [2.75, 3.05) is 17.3 Å². The highest BCUT2D eigenvalue weighted by Gasteiger charge is 2.42. The molecule has 0 radical (unpaired) electrons. The Bertz CT molecular complexity index is 1540. The standard InChI is InChI=1S/C30H30FN5O2S/c1-5-27(37)33-23-14-13-20(17-26(23)38-4)36-29(28(34-30(36)39)24-11-8-9-15-32-24)21-16-18(2)35(19(21)3)25-12-7-6-10-22(25)31/h6-17,28-29H,5H2,1-4H3,(H,33,37)(H,34,39)/t28-,29-/m0/s1. The summed E-state index contributed by atoms with van der Waals surface area (Å²) in [5, 5.41) is 6.88. The highest BCUT2D eigenvalue weighted by atomic mass is 32.1. The zero-order valence-corrected chi connectivity index (χ0v) is 23.1. The molecule has 2 aromatic heterocycles. The molecule has 2 atom stereocenters. The summed E-state index contributed by atoms with van der Waals surface area (Å²) in [6.45, 7) is 5.76. The predicted octanol–water partition coefficient (Wildman–Crippen LogP) is 6.16. The molecule has 1 aliphatic rings. The highest BCUT2D eigenvalue weighted by molar-refractivity contribution is 7.80. The predicted molar refractivity (Wildman–Crippen MR) is 155 cm³/mol. The molecule has 0 bridgehead atoms. The Labute approximate surface area is 232 Å². The molecule has 9 heteroatoms. The van der Waals surface area contributed by atoms with Gasteiger partial charge in [-0.05, 0) is 74.1 Å². The summed E-state index contributed by atoms with van der Waals surface area (Å²) >= 11 is 5.88. The lowest BCUT2D eigenvalue weighted by Gasteiger charge is -2.29. The lowest BCUT2D eigenvalue weighted by molar-refractivity contribution is -0.115. The van der Waals surface area contributed by atoms with Gasteiger partial charge in [-0.1, -0.05) is 25.1 Å². The Hall–Kier alpha value is -4.24. The number of amides is 1. The van der Waals surface area contributed by atoms with Crippen molar-refractivity contribution >= 4 is 34.6 Å². The summed E-state index contributed by atoms with van der Waals surface area (Å²) in [6.07, 6.45) is 2.12. The van der Waals surface area contributed by atoms with Crippen molar-refractivity contribution in [1.29, 1.82) is 0 Å². The minimum Gasteiger partial charge on any atom is -0.494 e. The molecule has 2 aromatic carbocycles. The number of methoxy groups -OCH3 is 1. The molecule has 0 aliphatic carbocycles. The molecule has 5 rings (SSSR count). The Morgan fingerprint density at radius 1 is 1.13 bits per heavy atom. The van der Waals surface area contributed by atoms with Gasteiger partial charge in [0.15, 0.2) is 5.11 Å². The Kier molecular flexibility index (Phi) is 7.34. The minimum absolute atomic E-state index is 0.104. The van der Waals surface area contributed by atoms with Gasteiger partial charge in [0, 0.05) is 35.8 Å². The van der Waals surface area contributed by atoms with Crippen LogP contribution in [0.5, 0.6) is 5.75 Å². The number of aryl methyl sites for hydroxylation is 1. The average Bonchev–Trinajstić information content (AvgIpc) is 3.44. The van der Waals surface area contributed by atoms with E-state index in [1.807, 2.05) is 65.8 Å². The van der Waals surface area contributed by atoms with Crippen LogP contribution in [0.1, 0.15) is 48.1 Å². The van der Waals surface area contributed by atoms with Crippen LogP contribution in [0.2, 0.25) is 0 Å². The van der Waals surface area contributed by atoms with E-state index in [9.17, 15) is 9.18 Å². The maximum absolute atomic E-state index is 14.9. The fourth-order valence-electron chi connectivity index (χ4n) is 5.21. The molecule has 1 amide bonds. The van der Waals surface area contributed by atoms with Crippen molar-refractivity contribution in [3.8, 4) is 11.4 Å². The number of hydrogen-bond donors (Lipinski definition) is 2. The SMILES string of the molecule is CCC(=O)Nc1ccc(N2C(=S)N[C@@H](c3ccccn3)[C@@H]2c2cc(C)n(-c3ccccc3F)c2C)cc1OC. The quantitative estimate of drug-likeness (QED) is 0.272. The number of thiocarbonyl (C=S) groups is 1. The number of halogens is 1. The summed E-state index contributed by atoms with van der Waals surface area (Å²) in [4.78, 5) is 18.7. The van der Waals surface area contributed by atoms with E-state index in [-0.39, 0.29) is 23.8 Å². The van der Waals surface area contributed by atoms with Gasteiger partial charge >= 0.3 is 0 Å². The number of rotatable bonds is 7. The molecule has 1 saturated heterocycles. The molecule has 200 valence electrons. The van der Waals surface area contributed by atoms with Crippen molar-refractivity contribution in [1.82, 2.24) is 14.9 Å². The van der Waals surface area contributed by atoms with Crippen LogP contribution in [0.15, 0.2) is 72.9 Å². The van der Waals surface area contributed by atoms with Gasteiger partial charge in [-0.25, -0.2) is 4.39 Å². The van der Waals surface area contributed by atoms with Crippen molar-refractivity contribution < 1.29 is 13.9 Å². The van der Waals surface area contributed by atoms with Gasteiger partial charge in [-0.15, -0.1) is 0 Å². The van der Waals surface area contributed by atoms with Crippen molar-refractivity contribution in [3.63, 3.8) is 0 Å². The first-order valence-corrected chi connectivity index (χ1v) is 13.2. The number of ether oxygens (including phenoxy) is 1. The third-order valence-electron chi connectivity index (χ3n) is 7.04. The van der Waals surface area contributed by atoms with E-state index < -0.39 is 0 Å². The minimum atomic E-state index is -0.293. The zero-order valence-electron chi connectivity index (χ0n) is 22.2. The van der Waals surface area contributed by atoms with E-state index in [0.717, 1.165) is 28.3 Å². The van der Waals surface area contributed by atoms with Gasteiger partial charge in [0.05, 0.1) is 36.3 Å². The van der Waals surface area contributed by atoms with E-state index in [1.165, 1.54) is 6.07 Å². The van der Waals surface area contributed by atoms with Gasteiger partial charge in [-0.2, -0.15) is 0 Å². The largest absolute Gasteiger partial charge is 0.494 e. The second-order valence-electron chi connectivity index (χ2n) is 9.40. The Morgan fingerprint density at radius 2 is 1.90 bits per heavy atom. The lowest BCUT2D eigenvalue weighted by Crippen LogP contribution is -2.29. The zero-order chi connectivity index (χ0) is 27.7. The number of nitrogens with one attached hydrogen (secondary N) is 2. The molecular weight excluding hydrogens is 513 g/mol. The first-order chi connectivity index (χ1) is 18.8. The highest BCUT2D eigenvalue weighted by Crippen LogP contribution is 2.45. The number of para-hydroxylation sites is 1. The number of carbonyl (C=O) groups excluding carboxylic acids is 1. The molecular formula is C30H30FN5O2S. The summed E-state index contributed by atoms with van der Waals surface area (Å²) in [6, 6.07) is 19.7. The Balaban J connectivity index is 1.66. The molecule has 1 aliphatic heterocycles. The summed E-state index contributed by atoms with van der Waals surface area (Å²) in [5.41, 5.74) is 5.49. The van der Waals surface area contributed by atoms with Crippen molar-refractivity contribution in [2.24, 2.45) is 0 Å². The van der Waals surface area contributed by atoms with Crippen LogP contribution in [0.25, 0.3) is 5.69 Å². The molecule has 0 unspecified atom stereocenters. The molecule has 39 heavy (non-hydrogen) atoms. The van der Waals surface area contributed by atoms with Crippen LogP contribution >= 0.6 is 12.2 Å². The van der Waals surface area contributed by atoms with Gasteiger partial charge in [0.1, 0.15) is 11.6 Å². The maximum Gasteiger partial charge on any atom is 0.224 e. The number of pyridine rings is 1. The monoisotopic (exact) mass is 543 g/mol. The third-order valence-corrected chi connectivity index (χ3v) is 7.35. The van der Waals surface area contributed by atoms with E-state index in [1.54, 1.807) is 32.4 Å². The first-order valence-electron chi connectivity index (χ1n) is 12.8. The number of nitrogens with zero attached hydrogens (tertiary/aromatic N) is 3. The number of hydrogen-bond acceptors (Lipinski definition) is 4. The van der Waals surface area contributed by atoms with Gasteiger partial charge in [-0.3, -0.25) is 9.78 Å². The first kappa shape index (κ1) is 26.4. The Morgan fingerprint density at radius 3 is 2.59 bits per heavy atom. The summed E-state index contributed by atoms with van der Waals surface area (Å²) < 4.78 is 22.5. The average molecular weight is 544 g/mol. The smallest absolute Gasteiger partial charge is 0.224 e. The topological polar surface area (TPSA) is 71.4 Å². The molecule has 0 spiro atoms. The fourth-order valence-corrected chi connectivity index (χ4v) is 5.56. The number of carbonyl (C=O) groups is 1. The van der Waals surface area contributed by atoms with Gasteiger partial charge in [0.2, 0.25) is 5.91 Å². The van der Waals surface area contributed by atoms with Crippen LogP contribution in [-0.2, 0) is 4.79 Å². The van der Waals surface area contributed by atoms with E-state index in [2.05, 4.69) is 21.7 Å². The van der Waals surface area contributed by atoms with Crippen LogP contribution in [0.3, 0.4) is 0 Å². The van der Waals surface area contributed by atoms with E-state index in [4.69, 9.17) is 17.0 Å². The number of anilines is 2. The molecule has 7 nitrogen and oxygen atoms in total. The van der Waals surface area contributed by atoms with Gasteiger partial charge < -0.3 is 24.8 Å². The lowest BCUT2D eigenvalue weighted by atomic mass is 9.96. The van der Waals surface area contributed by atoms with E-state index in [0.29, 0.717) is 28.7 Å². The van der Waals surface area contributed by atoms with Gasteiger partial charge in [0.25, 0.3) is 0 Å². The molecule has 2 N–H and O–H groups in total. The molecule has 0 saturated carbocycles. The second-order valence-corrected chi connectivity index (χ2v) is 9.78. The van der Waals surface area contributed by atoms with Crippen LogP contribution in [0, 0.1) is 19.7 Å². The normalized spacial score (nSPS) is 16.7. The van der Waals surface area contributed by atoms with Crippen LogP contribution in [-0.4, -0.2) is 27.7 Å². The molecule has 3 heterocycles. The summed E-state index contributed by atoms with van der Waals surface area (Å²) in [5.74, 6) is 0.126. The summed E-state index contributed by atoms with van der Waals surface area (Å²) in [7, 11) is 1.57. The van der Waals surface area contributed by atoms with Crippen molar-refractivity contribution in [3.05, 3.63) is 101 Å². The van der Waals surface area contributed by atoms with Crippen LogP contribution < -0.4 is 20.3 Å². The third kappa shape index (κ3) is 4.85. The second kappa shape index (κ2) is 10.9. The number of aromatic nitrogens is 2. The number of benzene rings is 2. The molecule has 1 fully saturated rings. The van der Waals surface area contributed by atoms with Crippen molar-refractivity contribution in [2.45, 2.75) is 39.3 Å². The van der Waals surface area contributed by atoms with E-state index >= 15 is 0 Å².